The van der Waals surface area contributed by atoms with Gasteiger partial charge in [-0.2, -0.15) is 0 Å². The van der Waals surface area contributed by atoms with Crippen LogP contribution in [0.15, 0.2) is 30.3 Å². The van der Waals surface area contributed by atoms with E-state index in [-0.39, 0.29) is 45.2 Å². The average molecular weight is 731 g/mol. The highest BCUT2D eigenvalue weighted by Crippen LogP contribution is 2.23. The molecule has 6 atom stereocenters. The summed E-state index contributed by atoms with van der Waals surface area (Å²) in [6.45, 7) is 0.253. The summed E-state index contributed by atoms with van der Waals surface area (Å²) in [5.74, 6) is -8.21. The number of carboxylic acid groups (broad SMARTS) is 2. The average Bonchev–Trinajstić information content (AvgIpc) is 3.78. The summed E-state index contributed by atoms with van der Waals surface area (Å²) < 4.78 is 0. The van der Waals surface area contributed by atoms with Gasteiger partial charge in [0.1, 0.15) is 30.2 Å². The van der Waals surface area contributed by atoms with Crippen molar-refractivity contribution in [3.05, 3.63) is 35.9 Å². The van der Waals surface area contributed by atoms with E-state index in [1.165, 1.54) is 9.80 Å². The number of nitrogens with zero attached hydrogens (tertiary/aromatic N) is 2. The van der Waals surface area contributed by atoms with Crippen molar-refractivity contribution in [1.82, 2.24) is 25.8 Å². The van der Waals surface area contributed by atoms with Crippen molar-refractivity contribution >= 4 is 53.3 Å². The second kappa shape index (κ2) is 19.1. The zero-order valence-corrected chi connectivity index (χ0v) is 28.5. The molecule has 11 N–H and O–H groups in total. The fraction of sp³-hybridized carbons (Fsp3) is 0.545. The van der Waals surface area contributed by atoms with Crippen molar-refractivity contribution in [1.29, 1.82) is 0 Å². The Balaban J connectivity index is 1.83. The molecular formula is C33H46N8O11. The first-order chi connectivity index (χ1) is 24.6. The summed E-state index contributed by atoms with van der Waals surface area (Å²) in [5.41, 5.74) is 16.8. The number of benzene rings is 1. The molecule has 2 saturated heterocycles. The lowest BCUT2D eigenvalue weighted by Gasteiger charge is -2.32. The Kier molecular flexibility index (Phi) is 15.0. The maximum Gasteiger partial charge on any atom is 0.326 e. The van der Waals surface area contributed by atoms with Gasteiger partial charge in [-0.15, -0.1) is 0 Å². The first-order valence-corrected chi connectivity index (χ1v) is 16.9. The number of carbonyl (C=O) groups excluding carboxylic acids is 7. The van der Waals surface area contributed by atoms with E-state index in [2.05, 4.69) is 16.0 Å². The molecule has 0 bridgehead atoms. The molecule has 0 aromatic heterocycles. The van der Waals surface area contributed by atoms with Crippen LogP contribution < -0.4 is 33.2 Å². The Hall–Kier alpha value is -5.59. The minimum atomic E-state index is -1.53. The van der Waals surface area contributed by atoms with Gasteiger partial charge >= 0.3 is 11.9 Å². The number of carboxylic acids is 2. The normalized spacial score (nSPS) is 19.1. The molecule has 0 spiro atoms. The first kappa shape index (κ1) is 40.8. The van der Waals surface area contributed by atoms with Crippen molar-refractivity contribution in [2.75, 3.05) is 13.1 Å². The predicted octanol–water partition coefficient (Wildman–Crippen LogP) is -2.92. The number of carbonyl (C=O) groups is 9. The van der Waals surface area contributed by atoms with Crippen LogP contribution in [0.25, 0.3) is 0 Å². The van der Waals surface area contributed by atoms with Crippen LogP contribution in [0.2, 0.25) is 0 Å². The molecule has 1 aromatic carbocycles. The van der Waals surface area contributed by atoms with Gasteiger partial charge in [0, 0.05) is 32.4 Å². The number of nitrogens with one attached hydrogen (secondary N) is 3. The van der Waals surface area contributed by atoms with E-state index in [9.17, 15) is 53.4 Å². The minimum Gasteiger partial charge on any atom is -0.481 e. The lowest BCUT2D eigenvalue weighted by molar-refractivity contribution is -0.149. The number of amides is 7. The molecule has 1 aromatic rings. The van der Waals surface area contributed by atoms with E-state index in [1.54, 1.807) is 30.3 Å². The highest BCUT2D eigenvalue weighted by molar-refractivity contribution is 5.97. The van der Waals surface area contributed by atoms with Gasteiger partial charge in [-0.05, 0) is 44.1 Å². The van der Waals surface area contributed by atoms with Gasteiger partial charge in [0.25, 0.3) is 0 Å². The fourth-order valence-corrected chi connectivity index (χ4v) is 6.25. The van der Waals surface area contributed by atoms with Gasteiger partial charge in [0.05, 0.1) is 12.5 Å². The van der Waals surface area contributed by atoms with Gasteiger partial charge in [-0.25, -0.2) is 4.79 Å². The van der Waals surface area contributed by atoms with Crippen LogP contribution in [-0.4, -0.2) is 123 Å². The smallest absolute Gasteiger partial charge is 0.326 e. The second-order valence-electron chi connectivity index (χ2n) is 12.8. The van der Waals surface area contributed by atoms with Crippen LogP contribution in [0.5, 0.6) is 0 Å². The maximum absolute atomic E-state index is 14.0. The van der Waals surface area contributed by atoms with Crippen LogP contribution in [0.3, 0.4) is 0 Å². The number of primary amides is 2. The summed E-state index contributed by atoms with van der Waals surface area (Å²) in [7, 11) is 0. The van der Waals surface area contributed by atoms with Crippen LogP contribution in [0.1, 0.15) is 63.4 Å². The van der Waals surface area contributed by atoms with Crippen molar-refractivity contribution in [3.8, 4) is 0 Å². The summed E-state index contributed by atoms with van der Waals surface area (Å²) in [5, 5.41) is 26.3. The molecule has 0 unspecified atom stereocenters. The number of hydrogen-bond donors (Lipinski definition) is 8. The number of nitrogens with two attached hydrogens (primary N) is 3. The van der Waals surface area contributed by atoms with Crippen LogP contribution >= 0.6 is 0 Å². The Morgan fingerprint density at radius 3 is 1.85 bits per heavy atom. The molecule has 2 aliphatic heterocycles. The molecule has 2 fully saturated rings. The highest BCUT2D eigenvalue weighted by atomic mass is 16.4. The monoisotopic (exact) mass is 730 g/mol. The molecule has 19 heteroatoms. The quantitative estimate of drug-likeness (QED) is 0.0710. The van der Waals surface area contributed by atoms with Crippen molar-refractivity contribution in [2.24, 2.45) is 17.2 Å². The maximum atomic E-state index is 14.0. The third kappa shape index (κ3) is 11.7. The predicted molar refractivity (Wildman–Crippen MR) is 180 cm³/mol. The first-order valence-electron chi connectivity index (χ1n) is 16.9. The van der Waals surface area contributed by atoms with Gasteiger partial charge in [-0.3, -0.25) is 38.4 Å². The molecule has 2 aliphatic rings. The Labute approximate surface area is 299 Å². The summed E-state index contributed by atoms with van der Waals surface area (Å²) >= 11 is 0. The van der Waals surface area contributed by atoms with E-state index >= 15 is 0 Å². The molecule has 52 heavy (non-hydrogen) atoms. The van der Waals surface area contributed by atoms with Crippen LogP contribution in [0.4, 0.5) is 0 Å². The van der Waals surface area contributed by atoms with Crippen LogP contribution in [0, 0.1) is 0 Å². The third-order valence-corrected chi connectivity index (χ3v) is 8.89. The number of likely N-dealkylation sites (tertiary alicyclic amines) is 2. The summed E-state index contributed by atoms with van der Waals surface area (Å²) in [4.78, 5) is 116. The van der Waals surface area contributed by atoms with Gasteiger partial charge < -0.3 is 53.2 Å². The van der Waals surface area contributed by atoms with Crippen molar-refractivity contribution in [2.45, 2.75) is 100 Å². The SMILES string of the molecule is NC(=O)CC[C@H](NC(=O)[C@H](CCC(=O)O)NC(=O)[C@@H](N)CC(N)=O)C(=O)N1CCC[C@H]1C(=O)N[C@@H](Cc1ccccc1)C(=O)N1CCC[C@H]1C(=O)O. The van der Waals surface area contributed by atoms with E-state index in [1.807, 2.05) is 0 Å². The lowest BCUT2D eigenvalue weighted by Crippen LogP contribution is -2.59. The van der Waals surface area contributed by atoms with E-state index in [0.717, 1.165) is 0 Å². The molecule has 284 valence electrons. The number of hydrogen-bond acceptors (Lipinski definition) is 10. The largest absolute Gasteiger partial charge is 0.481 e. The topological polar surface area (TPSA) is 315 Å². The van der Waals surface area contributed by atoms with Crippen LogP contribution in [-0.2, 0) is 49.6 Å². The van der Waals surface area contributed by atoms with E-state index < -0.39 is 109 Å². The molecule has 7 amide bonds. The summed E-state index contributed by atoms with van der Waals surface area (Å²) in [6, 6.07) is 0.994. The third-order valence-electron chi connectivity index (χ3n) is 8.89. The van der Waals surface area contributed by atoms with Crippen molar-refractivity contribution < 1.29 is 53.4 Å². The molecule has 0 saturated carbocycles. The molecule has 0 aliphatic carbocycles. The van der Waals surface area contributed by atoms with E-state index in [0.29, 0.717) is 18.4 Å². The molecular weight excluding hydrogens is 684 g/mol. The Bertz CT molecular complexity index is 1520. The highest BCUT2D eigenvalue weighted by Gasteiger charge is 2.42. The molecule has 0 radical (unpaired) electrons. The van der Waals surface area contributed by atoms with Gasteiger partial charge in [0.15, 0.2) is 0 Å². The Morgan fingerprint density at radius 2 is 1.27 bits per heavy atom. The molecule has 3 rings (SSSR count). The van der Waals surface area contributed by atoms with Gasteiger partial charge in [-0.1, -0.05) is 30.3 Å². The number of aliphatic carboxylic acids is 2. The van der Waals surface area contributed by atoms with Crippen molar-refractivity contribution in [3.63, 3.8) is 0 Å². The van der Waals surface area contributed by atoms with Gasteiger partial charge in [0.2, 0.25) is 41.4 Å². The standard InChI is InChI=1S/C33H46N8O11/c34-19(17-26(36)43)28(46)37-20(11-13-27(44)45)29(47)38-21(10-12-25(35)42)31(49)40-14-4-8-23(40)30(48)39-22(16-18-6-2-1-3-7-18)32(50)41-15-5-9-24(41)33(51)52/h1-3,6-7,19-24H,4-5,8-17,34H2,(H2,35,42)(H2,36,43)(H,37,46)(H,38,47)(H,39,48)(H,44,45)(H,51,52)/t19-,20-,21-,22-,23-,24-/m0/s1. The second-order valence-corrected chi connectivity index (χ2v) is 12.8. The zero-order valence-electron chi connectivity index (χ0n) is 28.5. The Morgan fingerprint density at radius 1 is 0.712 bits per heavy atom. The lowest BCUT2D eigenvalue weighted by atomic mass is 10.0. The summed E-state index contributed by atoms with van der Waals surface area (Å²) in [6.07, 6.45) is -0.944. The minimum absolute atomic E-state index is 0.0404. The molecule has 19 nitrogen and oxygen atoms in total. The number of rotatable bonds is 19. The molecule has 2 heterocycles. The fourth-order valence-electron chi connectivity index (χ4n) is 6.25. The van der Waals surface area contributed by atoms with E-state index in [4.69, 9.17) is 17.2 Å². The zero-order chi connectivity index (χ0) is 38.5.